The molecule has 0 aromatic carbocycles. The SMILES string of the molecule is CC(C)C1CC[C@H](C)CC1CC(=O)c1cccnc1. The van der Waals surface area contributed by atoms with Crippen LogP contribution in [0.15, 0.2) is 24.5 Å². The Kier molecular flexibility index (Phi) is 4.73. The maximum absolute atomic E-state index is 12.3. The molecule has 2 nitrogen and oxygen atoms in total. The molecule has 1 heterocycles. The molecule has 1 aromatic rings. The van der Waals surface area contributed by atoms with E-state index in [1.165, 1.54) is 19.3 Å². The second kappa shape index (κ2) is 6.31. The third kappa shape index (κ3) is 3.65. The van der Waals surface area contributed by atoms with E-state index in [4.69, 9.17) is 0 Å². The van der Waals surface area contributed by atoms with Crippen LogP contribution in [-0.4, -0.2) is 10.8 Å². The van der Waals surface area contributed by atoms with Crippen LogP contribution in [0.1, 0.15) is 56.8 Å². The van der Waals surface area contributed by atoms with Crippen LogP contribution in [0.2, 0.25) is 0 Å². The number of ketones is 1. The van der Waals surface area contributed by atoms with E-state index in [2.05, 4.69) is 25.8 Å². The minimum Gasteiger partial charge on any atom is -0.294 e. The number of nitrogens with zero attached hydrogens (tertiary/aromatic N) is 1. The van der Waals surface area contributed by atoms with Gasteiger partial charge in [-0.1, -0.05) is 27.2 Å². The summed E-state index contributed by atoms with van der Waals surface area (Å²) in [4.78, 5) is 16.4. The van der Waals surface area contributed by atoms with E-state index in [-0.39, 0.29) is 5.78 Å². The molecule has 2 unspecified atom stereocenters. The number of Topliss-reactive ketones (excluding diaryl/α,β-unsaturated/α-hetero) is 1. The standard InChI is InChI=1S/C17H25NO/c1-12(2)16-7-6-13(3)9-15(16)10-17(19)14-5-4-8-18-11-14/h4-5,8,11-13,15-16H,6-7,9-10H2,1-3H3/t13-,15?,16?/m0/s1. The molecule has 0 saturated heterocycles. The number of carbonyl (C=O) groups excluding carboxylic acids is 1. The highest BCUT2D eigenvalue weighted by Gasteiger charge is 2.32. The van der Waals surface area contributed by atoms with Gasteiger partial charge in [-0.15, -0.1) is 0 Å². The molecule has 0 radical (unpaired) electrons. The van der Waals surface area contributed by atoms with Crippen molar-refractivity contribution in [2.75, 3.05) is 0 Å². The summed E-state index contributed by atoms with van der Waals surface area (Å²) in [6.45, 7) is 6.91. The minimum atomic E-state index is 0.262. The average Bonchev–Trinajstić information content (AvgIpc) is 2.39. The summed E-state index contributed by atoms with van der Waals surface area (Å²) < 4.78 is 0. The maximum Gasteiger partial charge on any atom is 0.164 e. The molecule has 0 N–H and O–H groups in total. The zero-order chi connectivity index (χ0) is 13.8. The van der Waals surface area contributed by atoms with Crippen LogP contribution < -0.4 is 0 Å². The molecule has 2 heteroatoms. The van der Waals surface area contributed by atoms with Crippen LogP contribution in [0.5, 0.6) is 0 Å². The first-order valence-corrected chi connectivity index (χ1v) is 7.51. The van der Waals surface area contributed by atoms with Gasteiger partial charge in [0.15, 0.2) is 5.78 Å². The Morgan fingerprint density at radius 3 is 2.84 bits per heavy atom. The lowest BCUT2D eigenvalue weighted by molar-refractivity contribution is 0.0855. The van der Waals surface area contributed by atoms with Gasteiger partial charge in [0.2, 0.25) is 0 Å². The molecule has 0 aliphatic heterocycles. The lowest BCUT2D eigenvalue weighted by Crippen LogP contribution is -2.29. The van der Waals surface area contributed by atoms with Gasteiger partial charge >= 0.3 is 0 Å². The van der Waals surface area contributed by atoms with Gasteiger partial charge < -0.3 is 0 Å². The van der Waals surface area contributed by atoms with Gasteiger partial charge in [-0.2, -0.15) is 0 Å². The largest absolute Gasteiger partial charge is 0.294 e. The number of hydrogen-bond acceptors (Lipinski definition) is 2. The van der Waals surface area contributed by atoms with Crippen molar-refractivity contribution in [2.24, 2.45) is 23.7 Å². The number of carbonyl (C=O) groups is 1. The first kappa shape index (κ1) is 14.2. The molecule has 1 aliphatic carbocycles. The molecule has 2 rings (SSSR count). The van der Waals surface area contributed by atoms with E-state index < -0.39 is 0 Å². The van der Waals surface area contributed by atoms with Crippen molar-refractivity contribution < 1.29 is 4.79 Å². The zero-order valence-corrected chi connectivity index (χ0v) is 12.3. The highest BCUT2D eigenvalue weighted by Crippen LogP contribution is 2.40. The molecular weight excluding hydrogens is 234 g/mol. The van der Waals surface area contributed by atoms with Gasteiger partial charge in [0.25, 0.3) is 0 Å². The van der Waals surface area contributed by atoms with Crippen molar-refractivity contribution in [3.05, 3.63) is 30.1 Å². The summed E-state index contributed by atoms with van der Waals surface area (Å²) in [5.74, 6) is 2.96. The van der Waals surface area contributed by atoms with Crippen LogP contribution in [-0.2, 0) is 0 Å². The van der Waals surface area contributed by atoms with Gasteiger partial charge in [0.05, 0.1) is 0 Å². The van der Waals surface area contributed by atoms with Crippen molar-refractivity contribution >= 4 is 5.78 Å². The van der Waals surface area contributed by atoms with Crippen LogP contribution in [0.25, 0.3) is 0 Å². The third-order valence-corrected chi connectivity index (χ3v) is 4.59. The topological polar surface area (TPSA) is 30.0 Å². The predicted octanol–water partition coefficient (Wildman–Crippen LogP) is 4.36. The summed E-state index contributed by atoms with van der Waals surface area (Å²) in [6, 6.07) is 3.72. The van der Waals surface area contributed by atoms with Crippen molar-refractivity contribution in [2.45, 2.75) is 46.5 Å². The van der Waals surface area contributed by atoms with Crippen molar-refractivity contribution in [3.8, 4) is 0 Å². The van der Waals surface area contributed by atoms with E-state index in [0.717, 1.165) is 11.5 Å². The highest BCUT2D eigenvalue weighted by atomic mass is 16.1. The van der Waals surface area contributed by atoms with Gasteiger partial charge in [0, 0.05) is 24.4 Å². The van der Waals surface area contributed by atoms with E-state index in [1.54, 1.807) is 12.4 Å². The van der Waals surface area contributed by atoms with Gasteiger partial charge in [-0.25, -0.2) is 0 Å². The molecule has 1 saturated carbocycles. The van der Waals surface area contributed by atoms with Crippen molar-refractivity contribution in [1.82, 2.24) is 4.98 Å². The molecule has 0 spiro atoms. The molecule has 104 valence electrons. The smallest absolute Gasteiger partial charge is 0.164 e. The predicted molar refractivity (Wildman–Crippen MR) is 78.0 cm³/mol. The lowest BCUT2D eigenvalue weighted by atomic mass is 9.68. The number of aromatic nitrogens is 1. The Morgan fingerprint density at radius 1 is 1.42 bits per heavy atom. The van der Waals surface area contributed by atoms with Crippen LogP contribution in [0.4, 0.5) is 0 Å². The Balaban J connectivity index is 2.04. The van der Waals surface area contributed by atoms with Crippen LogP contribution in [0, 0.1) is 23.7 Å². The van der Waals surface area contributed by atoms with Crippen LogP contribution >= 0.6 is 0 Å². The highest BCUT2D eigenvalue weighted by molar-refractivity contribution is 5.95. The Bertz CT molecular complexity index is 413. The molecule has 3 atom stereocenters. The second-order valence-corrected chi connectivity index (χ2v) is 6.46. The van der Waals surface area contributed by atoms with E-state index in [9.17, 15) is 4.79 Å². The summed E-state index contributed by atoms with van der Waals surface area (Å²) >= 11 is 0. The molecule has 1 aliphatic rings. The molecule has 1 fully saturated rings. The second-order valence-electron chi connectivity index (χ2n) is 6.46. The molecule has 1 aromatic heterocycles. The molecular formula is C17H25NO. The normalized spacial score (nSPS) is 27.5. The lowest BCUT2D eigenvalue weighted by Gasteiger charge is -2.37. The summed E-state index contributed by atoms with van der Waals surface area (Å²) in [7, 11) is 0. The van der Waals surface area contributed by atoms with Gasteiger partial charge in [-0.05, 0) is 48.6 Å². The average molecular weight is 259 g/mol. The van der Waals surface area contributed by atoms with E-state index >= 15 is 0 Å². The molecule has 19 heavy (non-hydrogen) atoms. The van der Waals surface area contributed by atoms with E-state index in [0.29, 0.717) is 24.2 Å². The minimum absolute atomic E-state index is 0.262. The van der Waals surface area contributed by atoms with E-state index in [1.807, 2.05) is 12.1 Å². The first-order valence-electron chi connectivity index (χ1n) is 7.51. The first-order chi connectivity index (χ1) is 9.08. The molecule has 0 amide bonds. The van der Waals surface area contributed by atoms with Crippen LogP contribution in [0.3, 0.4) is 0 Å². The Labute approximate surface area is 116 Å². The quantitative estimate of drug-likeness (QED) is 0.752. The Hall–Kier alpha value is -1.18. The number of pyridine rings is 1. The van der Waals surface area contributed by atoms with Crippen molar-refractivity contribution in [1.29, 1.82) is 0 Å². The number of rotatable bonds is 4. The van der Waals surface area contributed by atoms with Gasteiger partial charge in [-0.3, -0.25) is 9.78 Å². The zero-order valence-electron chi connectivity index (χ0n) is 12.3. The monoisotopic (exact) mass is 259 g/mol. The number of hydrogen-bond donors (Lipinski definition) is 0. The third-order valence-electron chi connectivity index (χ3n) is 4.59. The summed E-state index contributed by atoms with van der Waals surface area (Å²) in [5.41, 5.74) is 0.767. The summed E-state index contributed by atoms with van der Waals surface area (Å²) in [5, 5.41) is 0. The fourth-order valence-corrected chi connectivity index (χ4v) is 3.52. The fourth-order valence-electron chi connectivity index (χ4n) is 3.52. The fraction of sp³-hybridized carbons (Fsp3) is 0.647. The summed E-state index contributed by atoms with van der Waals surface area (Å²) in [6.07, 6.45) is 7.91. The Morgan fingerprint density at radius 2 is 2.21 bits per heavy atom. The van der Waals surface area contributed by atoms with Crippen molar-refractivity contribution in [3.63, 3.8) is 0 Å². The molecule has 0 bridgehead atoms. The van der Waals surface area contributed by atoms with Gasteiger partial charge in [0.1, 0.15) is 0 Å². The maximum atomic E-state index is 12.3.